The summed E-state index contributed by atoms with van der Waals surface area (Å²) in [5, 5.41) is 10.6. The van der Waals surface area contributed by atoms with Crippen LogP contribution in [0, 0.1) is 0 Å². The monoisotopic (exact) mass is 253 g/mol. The van der Waals surface area contributed by atoms with Crippen LogP contribution in [0.1, 0.15) is 48.0 Å². The number of aliphatic hydroxyl groups excluding tert-OH is 1. The Morgan fingerprint density at radius 1 is 1.00 bits per heavy atom. The zero-order valence-corrected chi connectivity index (χ0v) is 10.9. The van der Waals surface area contributed by atoms with Gasteiger partial charge >= 0.3 is 0 Å². The minimum Gasteiger partial charge on any atom is -0.399 e. The van der Waals surface area contributed by atoms with Gasteiger partial charge in [-0.15, -0.1) is 0 Å². The highest BCUT2D eigenvalue weighted by atomic mass is 16.3. The zero-order valence-electron chi connectivity index (χ0n) is 10.9. The van der Waals surface area contributed by atoms with Crippen molar-refractivity contribution < 1.29 is 5.11 Å². The quantitative estimate of drug-likeness (QED) is 0.821. The van der Waals surface area contributed by atoms with Gasteiger partial charge in [-0.05, 0) is 47.6 Å². The van der Waals surface area contributed by atoms with E-state index in [4.69, 9.17) is 5.73 Å². The lowest BCUT2D eigenvalue weighted by molar-refractivity contribution is 0.217. The molecular formula is C17H19NO. The molecule has 19 heavy (non-hydrogen) atoms. The first-order valence-corrected chi connectivity index (χ1v) is 6.88. The van der Waals surface area contributed by atoms with Gasteiger partial charge < -0.3 is 10.8 Å². The Morgan fingerprint density at radius 2 is 1.68 bits per heavy atom. The van der Waals surface area contributed by atoms with E-state index < -0.39 is 6.10 Å². The normalized spacial score (nSPS) is 16.9. The summed E-state index contributed by atoms with van der Waals surface area (Å²) in [5.74, 6) is 0.625. The highest BCUT2D eigenvalue weighted by molar-refractivity contribution is 5.44. The molecule has 2 heteroatoms. The number of anilines is 1. The van der Waals surface area contributed by atoms with Gasteiger partial charge in [-0.2, -0.15) is 0 Å². The molecule has 0 spiro atoms. The van der Waals surface area contributed by atoms with Gasteiger partial charge in [-0.1, -0.05) is 42.8 Å². The van der Waals surface area contributed by atoms with Gasteiger partial charge in [-0.25, -0.2) is 0 Å². The molecule has 1 fully saturated rings. The minimum atomic E-state index is -0.558. The predicted octanol–water partition coefficient (Wildman–Crippen LogP) is 3.62. The summed E-state index contributed by atoms with van der Waals surface area (Å²) in [6.07, 6.45) is 3.23. The SMILES string of the molecule is Nc1ccc(C(O)c2ccccc2C2CCC2)cc1. The zero-order chi connectivity index (χ0) is 13.2. The molecule has 3 rings (SSSR count). The van der Waals surface area contributed by atoms with Gasteiger partial charge in [0.05, 0.1) is 0 Å². The van der Waals surface area contributed by atoms with E-state index in [0.717, 1.165) is 16.8 Å². The molecule has 2 aromatic rings. The van der Waals surface area contributed by atoms with Crippen molar-refractivity contribution in [1.29, 1.82) is 0 Å². The van der Waals surface area contributed by atoms with Crippen LogP contribution in [0.2, 0.25) is 0 Å². The van der Waals surface area contributed by atoms with Crippen LogP contribution in [0.25, 0.3) is 0 Å². The van der Waals surface area contributed by atoms with Crippen LogP contribution < -0.4 is 5.73 Å². The Kier molecular flexibility index (Phi) is 3.26. The maximum absolute atomic E-state index is 10.6. The summed E-state index contributed by atoms with van der Waals surface area (Å²) in [6, 6.07) is 15.7. The third kappa shape index (κ3) is 2.36. The number of rotatable bonds is 3. The molecule has 0 amide bonds. The van der Waals surface area contributed by atoms with Crippen molar-refractivity contribution in [3.8, 4) is 0 Å². The summed E-state index contributed by atoms with van der Waals surface area (Å²) in [7, 11) is 0. The van der Waals surface area contributed by atoms with Crippen molar-refractivity contribution in [3.05, 3.63) is 65.2 Å². The topological polar surface area (TPSA) is 46.2 Å². The average molecular weight is 253 g/mol. The summed E-state index contributed by atoms with van der Waals surface area (Å²) in [5.41, 5.74) is 9.66. The van der Waals surface area contributed by atoms with E-state index in [1.807, 2.05) is 36.4 Å². The minimum absolute atomic E-state index is 0.558. The summed E-state index contributed by atoms with van der Waals surface area (Å²) in [4.78, 5) is 0. The molecule has 0 aliphatic heterocycles. The van der Waals surface area contributed by atoms with Gasteiger partial charge in [0.25, 0.3) is 0 Å². The molecule has 1 aliphatic rings. The average Bonchev–Trinajstić information content (AvgIpc) is 2.37. The lowest BCUT2D eigenvalue weighted by Crippen LogP contribution is -2.13. The standard InChI is InChI=1S/C17H19NO/c18-14-10-8-13(9-11-14)17(19)16-7-2-1-6-15(16)12-4-3-5-12/h1-2,6-12,17,19H,3-5,18H2. The molecule has 2 aromatic carbocycles. The molecule has 0 radical (unpaired) electrons. The van der Waals surface area contributed by atoms with Crippen LogP contribution in [-0.2, 0) is 0 Å². The predicted molar refractivity (Wildman–Crippen MR) is 78.0 cm³/mol. The lowest BCUT2D eigenvalue weighted by Gasteiger charge is -2.29. The summed E-state index contributed by atoms with van der Waals surface area (Å²) < 4.78 is 0. The summed E-state index contributed by atoms with van der Waals surface area (Å²) in [6.45, 7) is 0. The third-order valence-corrected chi connectivity index (χ3v) is 4.09. The second-order valence-electron chi connectivity index (χ2n) is 5.33. The molecule has 1 aliphatic carbocycles. The van der Waals surface area contributed by atoms with E-state index in [1.165, 1.54) is 24.8 Å². The number of aliphatic hydroxyl groups is 1. The number of nitrogen functional groups attached to an aromatic ring is 1. The Balaban J connectivity index is 1.94. The first-order chi connectivity index (χ1) is 9.25. The Hall–Kier alpha value is -1.80. The van der Waals surface area contributed by atoms with Gasteiger partial charge in [0.1, 0.15) is 6.10 Å². The highest BCUT2D eigenvalue weighted by Gasteiger charge is 2.24. The van der Waals surface area contributed by atoms with E-state index in [2.05, 4.69) is 12.1 Å². The van der Waals surface area contributed by atoms with Crippen molar-refractivity contribution >= 4 is 5.69 Å². The largest absolute Gasteiger partial charge is 0.399 e. The number of nitrogens with two attached hydrogens (primary N) is 1. The maximum atomic E-state index is 10.6. The fraction of sp³-hybridized carbons (Fsp3) is 0.294. The van der Waals surface area contributed by atoms with Crippen molar-refractivity contribution in [2.24, 2.45) is 0 Å². The molecule has 0 bridgehead atoms. The first-order valence-electron chi connectivity index (χ1n) is 6.88. The van der Waals surface area contributed by atoms with Crippen molar-refractivity contribution in [2.45, 2.75) is 31.3 Å². The smallest absolute Gasteiger partial charge is 0.104 e. The molecule has 1 unspecified atom stereocenters. The molecule has 0 heterocycles. The first kappa shape index (κ1) is 12.2. The van der Waals surface area contributed by atoms with Gasteiger partial charge in [0.2, 0.25) is 0 Å². The number of benzene rings is 2. The fourth-order valence-corrected chi connectivity index (χ4v) is 2.71. The van der Waals surface area contributed by atoms with E-state index in [-0.39, 0.29) is 0 Å². The van der Waals surface area contributed by atoms with E-state index in [9.17, 15) is 5.11 Å². The second kappa shape index (κ2) is 5.06. The van der Waals surface area contributed by atoms with Crippen LogP contribution >= 0.6 is 0 Å². The molecule has 1 saturated carbocycles. The van der Waals surface area contributed by atoms with E-state index in [1.54, 1.807) is 0 Å². The van der Waals surface area contributed by atoms with Crippen LogP contribution in [0.15, 0.2) is 48.5 Å². The molecule has 0 saturated heterocycles. The second-order valence-corrected chi connectivity index (χ2v) is 5.33. The lowest BCUT2D eigenvalue weighted by atomic mass is 9.77. The fourth-order valence-electron chi connectivity index (χ4n) is 2.71. The molecule has 2 nitrogen and oxygen atoms in total. The van der Waals surface area contributed by atoms with Gasteiger partial charge in [0, 0.05) is 5.69 Å². The van der Waals surface area contributed by atoms with Crippen molar-refractivity contribution in [2.75, 3.05) is 5.73 Å². The van der Waals surface area contributed by atoms with Gasteiger partial charge in [-0.3, -0.25) is 0 Å². The molecular weight excluding hydrogens is 234 g/mol. The Bertz CT molecular complexity index is 558. The van der Waals surface area contributed by atoms with Crippen LogP contribution in [0.5, 0.6) is 0 Å². The molecule has 0 aromatic heterocycles. The number of hydrogen-bond donors (Lipinski definition) is 2. The van der Waals surface area contributed by atoms with Crippen molar-refractivity contribution in [1.82, 2.24) is 0 Å². The van der Waals surface area contributed by atoms with Crippen LogP contribution in [-0.4, -0.2) is 5.11 Å². The van der Waals surface area contributed by atoms with Crippen molar-refractivity contribution in [3.63, 3.8) is 0 Å². The Morgan fingerprint density at radius 3 is 2.32 bits per heavy atom. The van der Waals surface area contributed by atoms with E-state index in [0.29, 0.717) is 5.92 Å². The third-order valence-electron chi connectivity index (χ3n) is 4.09. The summed E-state index contributed by atoms with van der Waals surface area (Å²) >= 11 is 0. The molecule has 1 atom stereocenters. The maximum Gasteiger partial charge on any atom is 0.104 e. The van der Waals surface area contributed by atoms with Gasteiger partial charge in [0.15, 0.2) is 0 Å². The van der Waals surface area contributed by atoms with Crippen LogP contribution in [0.3, 0.4) is 0 Å². The number of hydrogen-bond acceptors (Lipinski definition) is 2. The van der Waals surface area contributed by atoms with Crippen LogP contribution in [0.4, 0.5) is 5.69 Å². The highest BCUT2D eigenvalue weighted by Crippen LogP contribution is 2.40. The molecule has 3 N–H and O–H groups in total. The Labute approximate surface area is 113 Å². The van der Waals surface area contributed by atoms with E-state index >= 15 is 0 Å². The molecule has 98 valence electrons.